The molecule has 10 heteroatoms. The van der Waals surface area contributed by atoms with Crippen molar-refractivity contribution in [2.24, 2.45) is 0 Å². The first kappa shape index (κ1) is 22.5. The van der Waals surface area contributed by atoms with Gasteiger partial charge in [0.05, 0.1) is 17.8 Å². The van der Waals surface area contributed by atoms with Crippen LogP contribution in [0.4, 0.5) is 8.78 Å². The molecular weight excluding hydrogens is 473 g/mol. The molecule has 174 valence electrons. The van der Waals surface area contributed by atoms with Gasteiger partial charge in [0, 0.05) is 28.7 Å². The van der Waals surface area contributed by atoms with Gasteiger partial charge in [-0.25, -0.2) is 4.39 Å². The lowest BCUT2D eigenvalue weighted by Crippen LogP contribution is -2.39. The third-order valence-corrected chi connectivity index (χ3v) is 6.99. The summed E-state index contributed by atoms with van der Waals surface area (Å²) in [5.74, 6) is -1.46. The molecule has 0 bridgehead atoms. The molecule has 3 atom stereocenters. The van der Waals surface area contributed by atoms with Crippen molar-refractivity contribution in [3.63, 3.8) is 0 Å². The molecule has 33 heavy (non-hydrogen) atoms. The van der Waals surface area contributed by atoms with Crippen molar-refractivity contribution in [1.29, 1.82) is 0 Å². The number of aliphatic hydroxyl groups is 1. The van der Waals surface area contributed by atoms with E-state index in [1.54, 1.807) is 26.0 Å². The quantitative estimate of drug-likeness (QED) is 0.574. The molecule has 2 aromatic carbocycles. The normalized spacial score (nSPS) is 22.7. The summed E-state index contributed by atoms with van der Waals surface area (Å²) in [6, 6.07) is 6.09. The lowest BCUT2D eigenvalue weighted by atomic mass is 10.1. The van der Waals surface area contributed by atoms with Crippen molar-refractivity contribution >= 4 is 23.2 Å². The maximum absolute atomic E-state index is 15.2. The monoisotopic (exact) mass is 494 g/mol. The summed E-state index contributed by atoms with van der Waals surface area (Å²) in [6.45, 7) is 4.48. The molecule has 0 unspecified atom stereocenters. The molecule has 1 saturated heterocycles. The Morgan fingerprint density at radius 1 is 1.09 bits per heavy atom. The van der Waals surface area contributed by atoms with Crippen LogP contribution in [0.15, 0.2) is 24.3 Å². The van der Waals surface area contributed by atoms with Crippen molar-refractivity contribution in [2.45, 2.75) is 44.9 Å². The zero-order chi connectivity index (χ0) is 23.4. The molecule has 0 spiro atoms. The number of likely N-dealkylation sites (tertiary alicyclic amines) is 1. The van der Waals surface area contributed by atoms with Gasteiger partial charge in [0.25, 0.3) is 0 Å². The molecule has 6 nitrogen and oxygen atoms in total. The van der Waals surface area contributed by atoms with Crippen molar-refractivity contribution in [2.75, 3.05) is 13.1 Å². The van der Waals surface area contributed by atoms with Gasteiger partial charge in [-0.3, -0.25) is 9.47 Å². The molecule has 1 aromatic heterocycles. The average Bonchev–Trinajstić information content (AvgIpc) is 3.44. The maximum atomic E-state index is 15.2. The fourth-order valence-corrected chi connectivity index (χ4v) is 5.47. The van der Waals surface area contributed by atoms with E-state index < -0.39 is 23.8 Å². The lowest BCUT2D eigenvalue weighted by molar-refractivity contribution is 0.0785. The Hall–Kier alpha value is -2.26. The van der Waals surface area contributed by atoms with Gasteiger partial charge in [0.15, 0.2) is 11.6 Å². The van der Waals surface area contributed by atoms with E-state index in [4.69, 9.17) is 27.9 Å². The summed E-state index contributed by atoms with van der Waals surface area (Å²) < 4.78 is 37.9. The highest BCUT2D eigenvalue weighted by molar-refractivity contribution is 6.35. The first-order valence-corrected chi connectivity index (χ1v) is 11.4. The van der Waals surface area contributed by atoms with E-state index >= 15 is 8.78 Å². The van der Waals surface area contributed by atoms with Gasteiger partial charge in [-0.2, -0.15) is 4.39 Å². The van der Waals surface area contributed by atoms with Crippen molar-refractivity contribution in [1.82, 2.24) is 19.7 Å². The number of ether oxygens (including phenoxy) is 1. The largest absolute Gasteiger partial charge is 0.481 e. The molecule has 5 rings (SSSR count). The van der Waals surface area contributed by atoms with Gasteiger partial charge in [-0.1, -0.05) is 23.2 Å². The molecule has 3 aromatic rings. The number of hydrogen-bond acceptors (Lipinski definition) is 5. The number of rotatable bonds is 4. The smallest absolute Gasteiger partial charge is 0.202 e. The van der Waals surface area contributed by atoms with Crippen molar-refractivity contribution < 1.29 is 18.6 Å². The van der Waals surface area contributed by atoms with Crippen LogP contribution in [0.3, 0.4) is 0 Å². The molecule has 1 fully saturated rings. The number of nitrogens with zero attached hydrogens (tertiary/aromatic N) is 4. The van der Waals surface area contributed by atoms with Crippen LogP contribution in [0.5, 0.6) is 5.75 Å². The van der Waals surface area contributed by atoms with Gasteiger partial charge in [0.2, 0.25) is 5.82 Å². The summed E-state index contributed by atoms with van der Waals surface area (Å²) in [7, 11) is 0. The van der Waals surface area contributed by atoms with Crippen molar-refractivity contribution in [3.8, 4) is 11.4 Å². The van der Waals surface area contributed by atoms with E-state index in [9.17, 15) is 5.11 Å². The van der Waals surface area contributed by atoms with Crippen LogP contribution in [0.1, 0.15) is 35.3 Å². The highest BCUT2D eigenvalue weighted by Gasteiger charge is 2.42. The van der Waals surface area contributed by atoms with E-state index in [1.807, 2.05) is 0 Å². The number of β-amino-alcohol motifs (C(OH)–C–C–N with tert-alkyl or cyclic N) is 1. The topological polar surface area (TPSA) is 63.4 Å². The summed E-state index contributed by atoms with van der Waals surface area (Å²) in [5, 5.41) is 18.8. The molecule has 1 N–H and O–H groups in total. The lowest BCUT2D eigenvalue weighted by Gasteiger charge is -2.30. The Bertz CT molecular complexity index is 1220. The Morgan fingerprint density at radius 2 is 1.82 bits per heavy atom. The van der Waals surface area contributed by atoms with Gasteiger partial charge >= 0.3 is 0 Å². The molecule has 1 aliphatic carbocycles. The predicted molar refractivity (Wildman–Crippen MR) is 120 cm³/mol. The SMILES string of the molecule is Cc1nnc(C)n1-c1ccc(O[C@@H]2c3cc(Cl)cc(Cl)c3C[C@@H]2N2CC[C@@H](O)C2)c(F)c1F. The van der Waals surface area contributed by atoms with Crippen molar-refractivity contribution in [3.05, 3.63) is 68.7 Å². The zero-order valence-electron chi connectivity index (χ0n) is 18.0. The van der Waals surface area contributed by atoms with Gasteiger partial charge in [0.1, 0.15) is 17.8 Å². The zero-order valence-corrected chi connectivity index (χ0v) is 19.5. The van der Waals surface area contributed by atoms with Crippen LogP contribution in [0.25, 0.3) is 5.69 Å². The first-order valence-electron chi connectivity index (χ1n) is 10.7. The average molecular weight is 495 g/mol. The Labute approximate surface area is 199 Å². The van der Waals surface area contributed by atoms with E-state index in [1.165, 1.54) is 16.7 Å². The summed E-state index contributed by atoms with van der Waals surface area (Å²) in [5.41, 5.74) is 1.62. The minimum atomic E-state index is -1.10. The maximum Gasteiger partial charge on any atom is 0.202 e. The Morgan fingerprint density at radius 3 is 2.48 bits per heavy atom. The number of hydrogen-bond donors (Lipinski definition) is 1. The third kappa shape index (κ3) is 3.89. The second kappa shape index (κ2) is 8.51. The minimum absolute atomic E-state index is 0.0111. The molecule has 2 heterocycles. The number of halogens is 4. The fraction of sp³-hybridized carbons (Fsp3) is 0.391. The molecule has 0 radical (unpaired) electrons. The number of benzene rings is 2. The van der Waals surface area contributed by atoms with Gasteiger partial charge < -0.3 is 9.84 Å². The summed E-state index contributed by atoms with van der Waals surface area (Å²) in [6.07, 6.45) is 0.143. The van der Waals surface area contributed by atoms with Crippen LogP contribution in [-0.4, -0.2) is 50.0 Å². The fourth-order valence-electron chi connectivity index (χ4n) is 4.89. The summed E-state index contributed by atoms with van der Waals surface area (Å²) >= 11 is 12.7. The summed E-state index contributed by atoms with van der Waals surface area (Å²) in [4.78, 5) is 2.10. The van der Waals surface area contributed by atoms with Crippen LogP contribution in [0, 0.1) is 25.5 Å². The molecule has 2 aliphatic rings. The molecule has 1 aliphatic heterocycles. The van der Waals surface area contributed by atoms with Gasteiger partial charge in [-0.15, -0.1) is 10.2 Å². The second-order valence-electron chi connectivity index (χ2n) is 8.54. The predicted octanol–water partition coefficient (Wildman–Crippen LogP) is 4.58. The van der Waals surface area contributed by atoms with Crippen LogP contribution in [-0.2, 0) is 6.42 Å². The van der Waals surface area contributed by atoms with E-state index in [0.29, 0.717) is 47.6 Å². The number of fused-ring (bicyclic) bond motifs is 1. The molecule has 0 saturated carbocycles. The van der Waals surface area contributed by atoms with Crippen LogP contribution >= 0.6 is 23.2 Å². The highest BCUT2D eigenvalue weighted by atomic mass is 35.5. The number of aromatic nitrogens is 3. The Kier molecular flexibility index (Phi) is 5.81. The van der Waals surface area contributed by atoms with E-state index in [-0.39, 0.29) is 17.5 Å². The van der Waals surface area contributed by atoms with E-state index in [0.717, 1.165) is 11.1 Å². The van der Waals surface area contributed by atoms with Gasteiger partial charge in [-0.05, 0) is 56.5 Å². The third-order valence-electron chi connectivity index (χ3n) is 6.44. The number of aliphatic hydroxyl groups excluding tert-OH is 1. The molecule has 0 amide bonds. The highest BCUT2D eigenvalue weighted by Crippen LogP contribution is 2.44. The van der Waals surface area contributed by atoms with E-state index in [2.05, 4.69) is 15.1 Å². The second-order valence-corrected chi connectivity index (χ2v) is 9.39. The number of aryl methyl sites for hydroxylation is 2. The molecular formula is C23H22Cl2F2N4O2. The standard InChI is InChI=1S/C23H22Cl2F2N4O2/c1-11-28-29-12(2)31(11)18-3-4-20(22(27)21(18)26)33-23-16-7-13(24)8-17(25)15(16)9-19(23)30-6-5-14(32)10-30/h3-4,7-8,14,19,23,32H,5-6,9-10H2,1-2H3/t14-,19+,23-/m1/s1. The van der Waals surface area contributed by atoms with Crippen LogP contribution < -0.4 is 4.74 Å². The minimum Gasteiger partial charge on any atom is -0.481 e. The Balaban J connectivity index is 1.53. The van der Waals surface area contributed by atoms with Crippen LogP contribution in [0.2, 0.25) is 10.0 Å². The first-order chi connectivity index (χ1) is 15.7.